The Labute approximate surface area is 129 Å². The van der Waals surface area contributed by atoms with Crippen molar-refractivity contribution in [3.63, 3.8) is 0 Å². The van der Waals surface area contributed by atoms with Crippen molar-refractivity contribution in [3.05, 3.63) is 53.5 Å². The molecule has 0 fully saturated rings. The molecule has 1 aromatic carbocycles. The minimum Gasteiger partial charge on any atom is -0.294 e. The summed E-state index contributed by atoms with van der Waals surface area (Å²) in [6, 6.07) is 9.53. The predicted molar refractivity (Wildman–Crippen MR) is 81.9 cm³/mol. The van der Waals surface area contributed by atoms with Gasteiger partial charge in [0.2, 0.25) is 0 Å². The van der Waals surface area contributed by atoms with Crippen molar-refractivity contribution in [2.24, 2.45) is 0 Å². The van der Waals surface area contributed by atoms with Gasteiger partial charge in [0.15, 0.2) is 5.78 Å². The largest absolute Gasteiger partial charge is 0.294 e. The van der Waals surface area contributed by atoms with E-state index in [0.29, 0.717) is 6.42 Å². The first-order valence-corrected chi connectivity index (χ1v) is 7.98. The standard InChI is InChI=1S/C12H7Br3OS/c13-7-1-3-9(10(14)5-7)11(16)6-8-2-4-12(15)17-8/h1-5H,6H2. The first kappa shape index (κ1) is 13.5. The maximum Gasteiger partial charge on any atom is 0.169 e. The zero-order valence-corrected chi connectivity index (χ0v) is 14.1. The van der Waals surface area contributed by atoms with E-state index in [9.17, 15) is 4.79 Å². The molecular formula is C12H7Br3OS. The van der Waals surface area contributed by atoms with E-state index in [1.54, 1.807) is 11.3 Å². The van der Waals surface area contributed by atoms with Gasteiger partial charge in [-0.2, -0.15) is 0 Å². The fraction of sp³-hybridized carbons (Fsp3) is 0.0833. The summed E-state index contributed by atoms with van der Waals surface area (Å²) >= 11 is 11.8. The molecule has 17 heavy (non-hydrogen) atoms. The normalized spacial score (nSPS) is 10.5. The average Bonchev–Trinajstić information content (AvgIpc) is 2.63. The molecule has 0 unspecified atom stereocenters. The highest BCUT2D eigenvalue weighted by atomic mass is 79.9. The van der Waals surface area contributed by atoms with Crippen LogP contribution >= 0.6 is 59.1 Å². The topological polar surface area (TPSA) is 17.1 Å². The lowest BCUT2D eigenvalue weighted by molar-refractivity contribution is 0.0993. The molecule has 0 atom stereocenters. The van der Waals surface area contributed by atoms with Gasteiger partial charge in [-0.05, 0) is 46.3 Å². The molecule has 1 nitrogen and oxygen atoms in total. The third-order valence-electron chi connectivity index (χ3n) is 2.20. The van der Waals surface area contributed by atoms with E-state index in [1.165, 1.54) is 0 Å². The van der Waals surface area contributed by atoms with Gasteiger partial charge in [-0.1, -0.05) is 31.9 Å². The number of carbonyl (C=O) groups is 1. The summed E-state index contributed by atoms with van der Waals surface area (Å²) < 4.78 is 2.84. The molecule has 0 spiro atoms. The lowest BCUT2D eigenvalue weighted by Crippen LogP contribution is -2.03. The third kappa shape index (κ3) is 3.50. The summed E-state index contributed by atoms with van der Waals surface area (Å²) in [5.41, 5.74) is 0.720. The van der Waals surface area contributed by atoms with Crippen LogP contribution in [-0.4, -0.2) is 5.78 Å². The minimum atomic E-state index is 0.124. The molecule has 0 saturated heterocycles. The highest BCUT2D eigenvalue weighted by Crippen LogP contribution is 2.26. The molecule has 0 aliphatic rings. The monoisotopic (exact) mass is 436 g/mol. The van der Waals surface area contributed by atoms with E-state index in [0.717, 1.165) is 23.2 Å². The van der Waals surface area contributed by atoms with Crippen molar-refractivity contribution < 1.29 is 4.79 Å². The van der Waals surface area contributed by atoms with Crippen LogP contribution in [0.4, 0.5) is 0 Å². The van der Waals surface area contributed by atoms with Crippen LogP contribution in [0.25, 0.3) is 0 Å². The van der Waals surface area contributed by atoms with Crippen LogP contribution in [0.1, 0.15) is 15.2 Å². The van der Waals surface area contributed by atoms with Gasteiger partial charge in [0.1, 0.15) is 0 Å². The molecule has 0 radical (unpaired) electrons. The second-order valence-corrected chi connectivity index (χ2v) is 7.75. The van der Waals surface area contributed by atoms with Gasteiger partial charge in [0.25, 0.3) is 0 Å². The fourth-order valence-corrected chi connectivity index (χ4v) is 4.17. The van der Waals surface area contributed by atoms with Gasteiger partial charge in [0, 0.05) is 25.8 Å². The summed E-state index contributed by atoms with van der Waals surface area (Å²) in [6.45, 7) is 0. The number of benzene rings is 1. The van der Waals surface area contributed by atoms with Gasteiger partial charge in [-0.15, -0.1) is 11.3 Å². The van der Waals surface area contributed by atoms with Crippen LogP contribution in [0.3, 0.4) is 0 Å². The molecule has 2 aromatic rings. The zero-order valence-electron chi connectivity index (χ0n) is 8.54. The minimum absolute atomic E-state index is 0.124. The molecule has 0 bridgehead atoms. The third-order valence-corrected chi connectivity index (χ3v) is 4.97. The van der Waals surface area contributed by atoms with Gasteiger partial charge < -0.3 is 0 Å². The Morgan fingerprint density at radius 3 is 2.47 bits per heavy atom. The quantitative estimate of drug-likeness (QED) is 0.581. The highest BCUT2D eigenvalue weighted by Gasteiger charge is 2.12. The SMILES string of the molecule is O=C(Cc1ccc(Br)s1)c1ccc(Br)cc1Br. The molecule has 0 N–H and O–H groups in total. The van der Waals surface area contributed by atoms with Crippen molar-refractivity contribution in [2.75, 3.05) is 0 Å². The molecule has 1 aromatic heterocycles. The number of hydrogen-bond donors (Lipinski definition) is 0. The number of hydrogen-bond acceptors (Lipinski definition) is 2. The Morgan fingerprint density at radius 2 is 1.88 bits per heavy atom. The van der Waals surface area contributed by atoms with Gasteiger partial charge in [0.05, 0.1) is 3.79 Å². The Kier molecular flexibility index (Phi) is 4.58. The number of rotatable bonds is 3. The molecule has 2 rings (SSSR count). The van der Waals surface area contributed by atoms with E-state index in [1.807, 2.05) is 30.3 Å². The smallest absolute Gasteiger partial charge is 0.169 e. The van der Waals surface area contributed by atoms with Gasteiger partial charge in [-0.25, -0.2) is 0 Å². The Balaban J connectivity index is 2.20. The van der Waals surface area contributed by atoms with Crippen LogP contribution in [0, 0.1) is 0 Å². The molecule has 0 aliphatic carbocycles. The van der Waals surface area contributed by atoms with Gasteiger partial charge in [-0.3, -0.25) is 4.79 Å². The summed E-state index contributed by atoms with van der Waals surface area (Å²) in [7, 11) is 0. The Hall–Kier alpha value is 0.0300. The lowest BCUT2D eigenvalue weighted by atomic mass is 10.1. The Bertz CT molecular complexity index is 563. The zero-order chi connectivity index (χ0) is 12.4. The first-order valence-electron chi connectivity index (χ1n) is 4.79. The van der Waals surface area contributed by atoms with Crippen LogP contribution in [0.15, 0.2) is 43.1 Å². The highest BCUT2D eigenvalue weighted by molar-refractivity contribution is 9.11. The summed E-state index contributed by atoms with van der Waals surface area (Å²) in [6.07, 6.45) is 0.441. The van der Waals surface area contributed by atoms with Crippen molar-refractivity contribution in [2.45, 2.75) is 6.42 Å². The van der Waals surface area contributed by atoms with Crippen LogP contribution in [0.5, 0.6) is 0 Å². The van der Waals surface area contributed by atoms with Crippen LogP contribution in [-0.2, 0) is 6.42 Å². The maximum absolute atomic E-state index is 12.1. The second-order valence-electron chi connectivity index (χ2n) is 3.43. The lowest BCUT2D eigenvalue weighted by Gasteiger charge is -2.03. The Morgan fingerprint density at radius 1 is 1.12 bits per heavy atom. The van der Waals surface area contributed by atoms with E-state index >= 15 is 0 Å². The van der Waals surface area contributed by atoms with Crippen molar-refractivity contribution in [3.8, 4) is 0 Å². The van der Waals surface area contributed by atoms with E-state index < -0.39 is 0 Å². The average molecular weight is 439 g/mol. The number of thiophene rings is 1. The van der Waals surface area contributed by atoms with Crippen molar-refractivity contribution >= 4 is 64.9 Å². The second kappa shape index (κ2) is 5.78. The summed E-state index contributed by atoms with van der Waals surface area (Å²) in [4.78, 5) is 13.2. The molecule has 5 heteroatoms. The molecule has 0 saturated carbocycles. The van der Waals surface area contributed by atoms with Gasteiger partial charge >= 0.3 is 0 Å². The summed E-state index contributed by atoms with van der Waals surface area (Å²) in [5, 5.41) is 0. The molecule has 0 aliphatic heterocycles. The number of ketones is 1. The molecule has 0 amide bonds. The molecular weight excluding hydrogens is 432 g/mol. The van der Waals surface area contributed by atoms with Crippen LogP contribution < -0.4 is 0 Å². The number of carbonyl (C=O) groups excluding carboxylic acids is 1. The maximum atomic E-state index is 12.1. The van der Waals surface area contributed by atoms with Crippen molar-refractivity contribution in [1.29, 1.82) is 0 Å². The fourth-order valence-electron chi connectivity index (χ4n) is 1.42. The number of halogens is 3. The van der Waals surface area contributed by atoms with Crippen LogP contribution in [0.2, 0.25) is 0 Å². The van der Waals surface area contributed by atoms with E-state index in [2.05, 4.69) is 47.8 Å². The molecule has 88 valence electrons. The predicted octanol–water partition coefficient (Wildman–Crippen LogP) is 5.46. The van der Waals surface area contributed by atoms with E-state index in [-0.39, 0.29) is 5.78 Å². The first-order chi connectivity index (χ1) is 8.06. The molecule has 1 heterocycles. The van der Waals surface area contributed by atoms with E-state index in [4.69, 9.17) is 0 Å². The number of Topliss-reactive ketones (excluding diaryl/α,β-unsaturated/α-hetero) is 1. The van der Waals surface area contributed by atoms with Crippen molar-refractivity contribution in [1.82, 2.24) is 0 Å². The summed E-state index contributed by atoms with van der Waals surface area (Å²) in [5.74, 6) is 0.124.